The van der Waals surface area contributed by atoms with Crippen molar-refractivity contribution in [2.24, 2.45) is 0 Å². The number of rotatable bonds is 6. The van der Waals surface area contributed by atoms with E-state index < -0.39 is 0 Å². The van der Waals surface area contributed by atoms with Crippen LogP contribution in [-0.2, 0) is 4.79 Å². The molecule has 1 unspecified atom stereocenters. The van der Waals surface area contributed by atoms with Gasteiger partial charge in [-0.25, -0.2) is 9.97 Å². The monoisotopic (exact) mass is 449 g/mol. The van der Waals surface area contributed by atoms with Gasteiger partial charge in [0.2, 0.25) is 5.91 Å². The molecule has 0 spiro atoms. The number of anilines is 1. The largest absolute Gasteiger partial charge is 0.497 e. The fourth-order valence-electron chi connectivity index (χ4n) is 3.14. The second-order valence-corrected chi connectivity index (χ2v) is 8.67. The van der Waals surface area contributed by atoms with Gasteiger partial charge in [-0.1, -0.05) is 53.7 Å². The summed E-state index contributed by atoms with van der Waals surface area (Å²) in [6.07, 6.45) is 1.50. The highest BCUT2D eigenvalue weighted by Crippen LogP contribution is 2.34. The zero-order valence-corrected chi connectivity index (χ0v) is 18.6. The van der Waals surface area contributed by atoms with Crippen LogP contribution in [0.3, 0.4) is 0 Å². The van der Waals surface area contributed by atoms with E-state index >= 15 is 0 Å². The van der Waals surface area contributed by atoms with Crippen LogP contribution in [0.4, 0.5) is 5.82 Å². The number of carbonyl (C=O) groups excluding carboxylic acids is 1. The molecule has 4 rings (SSSR count). The first kappa shape index (κ1) is 21.2. The molecule has 1 N–H and O–H groups in total. The molecule has 0 aliphatic carbocycles. The number of aromatic nitrogens is 2. The number of nitrogens with one attached hydrogen (secondary N) is 1. The first-order valence-electron chi connectivity index (χ1n) is 9.67. The number of carbonyl (C=O) groups is 1. The van der Waals surface area contributed by atoms with Gasteiger partial charge in [0, 0.05) is 17.6 Å². The first-order chi connectivity index (χ1) is 15.0. The molecular weight excluding hydrogens is 430 g/mol. The fourth-order valence-corrected chi connectivity index (χ4v) is 4.12. The Morgan fingerprint density at radius 3 is 2.61 bits per heavy atom. The second-order valence-electron chi connectivity index (χ2n) is 6.87. The summed E-state index contributed by atoms with van der Waals surface area (Å²) >= 11 is 7.25. The summed E-state index contributed by atoms with van der Waals surface area (Å²) < 4.78 is 5.37. The minimum absolute atomic E-state index is 0.159. The van der Waals surface area contributed by atoms with E-state index in [1.807, 2.05) is 49.4 Å². The molecule has 5 nitrogen and oxygen atoms in total. The van der Waals surface area contributed by atoms with Gasteiger partial charge in [0.15, 0.2) is 0 Å². The summed E-state index contributed by atoms with van der Waals surface area (Å²) in [4.78, 5) is 21.6. The number of hydrogen-bond donors (Lipinski definition) is 1. The SMILES string of the molecule is COc1ccc2c(-c3ccccc3)cc(SC(C)C(=O)Nc3ccc(Cl)cn3)nc2c1. The molecule has 31 heavy (non-hydrogen) atoms. The lowest BCUT2D eigenvalue weighted by Crippen LogP contribution is -2.23. The number of benzene rings is 2. The van der Waals surface area contributed by atoms with Crippen molar-refractivity contribution in [2.75, 3.05) is 12.4 Å². The highest BCUT2D eigenvalue weighted by Gasteiger charge is 2.18. The zero-order valence-electron chi connectivity index (χ0n) is 17.0. The maximum Gasteiger partial charge on any atom is 0.238 e. The number of methoxy groups -OCH3 is 1. The van der Waals surface area contributed by atoms with Crippen molar-refractivity contribution in [1.29, 1.82) is 0 Å². The van der Waals surface area contributed by atoms with Gasteiger partial charge < -0.3 is 10.1 Å². The Labute approximate surface area is 189 Å². The van der Waals surface area contributed by atoms with Crippen LogP contribution in [0.5, 0.6) is 5.75 Å². The number of pyridine rings is 2. The standard InChI is InChI=1S/C24H20ClN3O2S/c1-15(24(29)28-22-11-8-17(25)14-26-22)31-23-13-20(16-6-4-3-5-7-16)19-10-9-18(30-2)12-21(19)27-23/h3-15H,1-2H3,(H,26,28,29). The summed E-state index contributed by atoms with van der Waals surface area (Å²) in [5, 5.41) is 4.74. The molecule has 2 aromatic heterocycles. The summed E-state index contributed by atoms with van der Waals surface area (Å²) in [7, 11) is 1.63. The molecule has 0 bridgehead atoms. The van der Waals surface area contributed by atoms with Gasteiger partial charge in [0.25, 0.3) is 0 Å². The summed E-state index contributed by atoms with van der Waals surface area (Å²) in [6.45, 7) is 1.84. The first-order valence-corrected chi connectivity index (χ1v) is 10.9. The minimum atomic E-state index is -0.378. The second kappa shape index (κ2) is 9.37. The Kier molecular flexibility index (Phi) is 6.39. The highest BCUT2D eigenvalue weighted by molar-refractivity contribution is 8.00. The van der Waals surface area contributed by atoms with Gasteiger partial charge in [-0.05, 0) is 48.4 Å². The third-order valence-electron chi connectivity index (χ3n) is 4.72. The van der Waals surface area contributed by atoms with Crippen LogP contribution in [0.1, 0.15) is 6.92 Å². The molecule has 0 saturated heterocycles. The van der Waals surface area contributed by atoms with E-state index in [-0.39, 0.29) is 11.2 Å². The summed E-state index contributed by atoms with van der Waals surface area (Å²) in [5.74, 6) is 1.04. The maximum atomic E-state index is 12.7. The molecule has 7 heteroatoms. The molecule has 0 radical (unpaired) electrons. The van der Waals surface area contributed by atoms with Crippen molar-refractivity contribution < 1.29 is 9.53 Å². The fraction of sp³-hybridized carbons (Fsp3) is 0.125. The van der Waals surface area contributed by atoms with Crippen LogP contribution >= 0.6 is 23.4 Å². The quantitative estimate of drug-likeness (QED) is 0.361. The Morgan fingerprint density at radius 2 is 1.90 bits per heavy atom. The Morgan fingerprint density at radius 1 is 1.10 bits per heavy atom. The topological polar surface area (TPSA) is 64.1 Å². The van der Waals surface area contributed by atoms with Crippen molar-refractivity contribution in [3.63, 3.8) is 0 Å². The third kappa shape index (κ3) is 4.98. The summed E-state index contributed by atoms with van der Waals surface area (Å²) in [6, 6.07) is 21.4. The van der Waals surface area contributed by atoms with Crippen molar-refractivity contribution in [3.8, 4) is 16.9 Å². The average Bonchev–Trinajstić information content (AvgIpc) is 2.80. The van der Waals surface area contributed by atoms with Gasteiger partial charge in [-0.15, -0.1) is 0 Å². The van der Waals surface area contributed by atoms with Gasteiger partial charge in [0.1, 0.15) is 11.6 Å². The third-order valence-corrected chi connectivity index (χ3v) is 5.97. The van der Waals surface area contributed by atoms with E-state index in [0.29, 0.717) is 10.8 Å². The van der Waals surface area contributed by atoms with Gasteiger partial charge in [-0.2, -0.15) is 0 Å². The Bertz CT molecular complexity index is 1220. The molecular formula is C24H20ClN3O2S. The Balaban J connectivity index is 1.64. The number of fused-ring (bicyclic) bond motifs is 1. The maximum absolute atomic E-state index is 12.7. The van der Waals surface area contributed by atoms with Crippen molar-refractivity contribution >= 4 is 46.0 Å². The van der Waals surface area contributed by atoms with Crippen LogP contribution in [0.2, 0.25) is 5.02 Å². The van der Waals surface area contributed by atoms with Crippen LogP contribution in [-0.4, -0.2) is 28.2 Å². The minimum Gasteiger partial charge on any atom is -0.497 e. The number of halogens is 1. The molecule has 0 aliphatic heterocycles. The number of ether oxygens (including phenoxy) is 1. The Hall–Kier alpha value is -3.09. The predicted molar refractivity (Wildman–Crippen MR) is 127 cm³/mol. The van der Waals surface area contributed by atoms with E-state index in [2.05, 4.69) is 22.4 Å². The van der Waals surface area contributed by atoms with E-state index in [0.717, 1.165) is 32.8 Å². The molecule has 0 aliphatic rings. The number of amides is 1. The van der Waals surface area contributed by atoms with Crippen LogP contribution in [0.15, 0.2) is 78.0 Å². The summed E-state index contributed by atoms with van der Waals surface area (Å²) in [5.41, 5.74) is 2.96. The molecule has 2 heterocycles. The van der Waals surface area contributed by atoms with Crippen molar-refractivity contribution in [3.05, 3.63) is 77.9 Å². The normalized spacial score (nSPS) is 11.8. The number of nitrogens with zero attached hydrogens (tertiary/aromatic N) is 2. The highest BCUT2D eigenvalue weighted by atomic mass is 35.5. The van der Waals surface area contributed by atoms with Crippen molar-refractivity contribution in [2.45, 2.75) is 17.2 Å². The zero-order chi connectivity index (χ0) is 21.8. The molecule has 156 valence electrons. The molecule has 1 amide bonds. The van der Waals surface area contributed by atoms with Crippen molar-refractivity contribution in [1.82, 2.24) is 9.97 Å². The lowest BCUT2D eigenvalue weighted by molar-refractivity contribution is -0.115. The van der Waals surface area contributed by atoms with Crippen LogP contribution < -0.4 is 10.1 Å². The van der Waals surface area contributed by atoms with Gasteiger partial charge >= 0.3 is 0 Å². The lowest BCUT2D eigenvalue weighted by Gasteiger charge is -2.14. The number of thioether (sulfide) groups is 1. The van der Waals surface area contributed by atoms with E-state index in [4.69, 9.17) is 21.3 Å². The smallest absolute Gasteiger partial charge is 0.238 e. The van der Waals surface area contributed by atoms with Gasteiger partial charge in [-0.3, -0.25) is 4.79 Å². The predicted octanol–water partition coefficient (Wildman–Crippen LogP) is 6.08. The molecule has 1 atom stereocenters. The van der Waals surface area contributed by atoms with E-state index in [1.54, 1.807) is 19.2 Å². The molecule has 0 saturated carbocycles. The van der Waals surface area contributed by atoms with Gasteiger partial charge in [0.05, 0.1) is 27.9 Å². The van der Waals surface area contributed by atoms with E-state index in [9.17, 15) is 4.79 Å². The molecule has 2 aromatic carbocycles. The lowest BCUT2D eigenvalue weighted by atomic mass is 10.0. The number of hydrogen-bond acceptors (Lipinski definition) is 5. The van der Waals surface area contributed by atoms with E-state index in [1.165, 1.54) is 18.0 Å². The average molecular weight is 450 g/mol. The van der Waals surface area contributed by atoms with Crippen LogP contribution in [0, 0.1) is 0 Å². The van der Waals surface area contributed by atoms with Crippen LogP contribution in [0.25, 0.3) is 22.0 Å². The molecule has 0 fully saturated rings. The molecule has 4 aromatic rings.